The maximum absolute atomic E-state index is 8.58. The van der Waals surface area contributed by atoms with E-state index >= 15 is 0 Å². The van der Waals surface area contributed by atoms with Gasteiger partial charge in [-0.2, -0.15) is 0 Å². The molecule has 0 fully saturated rings. The number of nitrogens with zero attached hydrogens (tertiary/aromatic N) is 2. The van der Waals surface area contributed by atoms with Crippen LogP contribution in [0.3, 0.4) is 0 Å². The highest BCUT2D eigenvalue weighted by Gasteiger charge is 1.93. The third-order valence-electron chi connectivity index (χ3n) is 2.06. The molecule has 0 atom stereocenters. The van der Waals surface area contributed by atoms with Gasteiger partial charge in [0.25, 0.3) is 0 Å². The van der Waals surface area contributed by atoms with Crippen LogP contribution in [0.5, 0.6) is 0 Å². The summed E-state index contributed by atoms with van der Waals surface area (Å²) in [5.41, 5.74) is 5.41. The fourth-order valence-corrected chi connectivity index (χ4v) is 1.24. The van der Waals surface area contributed by atoms with Crippen molar-refractivity contribution in [2.75, 3.05) is 24.2 Å². The molecule has 0 aromatic carbocycles. The highest BCUT2D eigenvalue weighted by Crippen LogP contribution is 2.03. The fourth-order valence-electron chi connectivity index (χ4n) is 1.24. The van der Waals surface area contributed by atoms with Gasteiger partial charge >= 0.3 is 0 Å². The molecule has 15 heavy (non-hydrogen) atoms. The van der Waals surface area contributed by atoms with Crippen LogP contribution in [0.15, 0.2) is 12.4 Å². The average Bonchev–Trinajstić information content (AvgIpc) is 2.26. The Morgan fingerprint density at radius 1 is 1.13 bits per heavy atom. The normalized spacial score (nSPS) is 10.2. The smallest absolute Gasteiger partial charge is 0.144 e. The fraction of sp³-hybridized carbons (Fsp3) is 0.600. The van der Waals surface area contributed by atoms with Gasteiger partial charge in [-0.3, -0.25) is 0 Å². The molecule has 0 unspecified atom stereocenters. The number of nitrogens with one attached hydrogen (secondary N) is 1. The van der Waals surface area contributed by atoms with Gasteiger partial charge in [-0.05, 0) is 12.8 Å². The summed E-state index contributed by atoms with van der Waals surface area (Å²) in [4.78, 5) is 8.00. The van der Waals surface area contributed by atoms with Gasteiger partial charge in [-0.15, -0.1) is 0 Å². The molecule has 1 heterocycles. The monoisotopic (exact) mass is 210 g/mol. The van der Waals surface area contributed by atoms with Crippen molar-refractivity contribution in [3.8, 4) is 0 Å². The third kappa shape index (κ3) is 5.17. The molecule has 0 aliphatic carbocycles. The van der Waals surface area contributed by atoms with Crippen LogP contribution in [0.1, 0.15) is 25.7 Å². The van der Waals surface area contributed by atoms with Gasteiger partial charge in [0.15, 0.2) is 0 Å². The summed E-state index contributed by atoms with van der Waals surface area (Å²) in [6.07, 6.45) is 7.33. The molecule has 5 heteroatoms. The van der Waals surface area contributed by atoms with Gasteiger partial charge in [-0.25, -0.2) is 9.97 Å². The van der Waals surface area contributed by atoms with E-state index < -0.39 is 0 Å². The number of nitrogens with two attached hydrogens (primary N) is 1. The Morgan fingerprint density at radius 2 is 1.93 bits per heavy atom. The first-order chi connectivity index (χ1) is 7.33. The predicted molar refractivity (Wildman–Crippen MR) is 60.5 cm³/mol. The SMILES string of the molecule is Nc1cnc(NCCCCCCO)cn1. The number of aromatic nitrogens is 2. The molecule has 84 valence electrons. The summed E-state index contributed by atoms with van der Waals surface area (Å²) in [5, 5.41) is 11.7. The van der Waals surface area contributed by atoms with Crippen molar-refractivity contribution in [3.63, 3.8) is 0 Å². The molecule has 1 aromatic heterocycles. The molecule has 0 aliphatic rings. The lowest BCUT2D eigenvalue weighted by atomic mass is 10.2. The number of rotatable bonds is 7. The van der Waals surface area contributed by atoms with Crippen LogP contribution in [0.2, 0.25) is 0 Å². The number of anilines is 2. The lowest BCUT2D eigenvalue weighted by Crippen LogP contribution is -2.04. The highest BCUT2D eigenvalue weighted by atomic mass is 16.2. The Bertz CT molecular complexity index is 263. The van der Waals surface area contributed by atoms with Crippen LogP contribution in [-0.4, -0.2) is 28.2 Å². The molecule has 0 spiro atoms. The van der Waals surface area contributed by atoms with Crippen LogP contribution in [0.25, 0.3) is 0 Å². The Labute approximate surface area is 89.7 Å². The molecule has 1 rings (SSSR count). The largest absolute Gasteiger partial charge is 0.396 e. The summed E-state index contributed by atoms with van der Waals surface area (Å²) in [7, 11) is 0. The number of aliphatic hydroxyl groups is 1. The zero-order valence-corrected chi connectivity index (χ0v) is 8.82. The average molecular weight is 210 g/mol. The minimum absolute atomic E-state index is 0.289. The number of hydrogen-bond acceptors (Lipinski definition) is 5. The van der Waals surface area contributed by atoms with Crippen molar-refractivity contribution in [2.45, 2.75) is 25.7 Å². The van der Waals surface area contributed by atoms with E-state index in [1.54, 1.807) is 6.20 Å². The lowest BCUT2D eigenvalue weighted by Gasteiger charge is -2.04. The molecule has 0 saturated carbocycles. The first kappa shape index (κ1) is 11.7. The topological polar surface area (TPSA) is 84.1 Å². The maximum Gasteiger partial charge on any atom is 0.144 e. The van der Waals surface area contributed by atoms with E-state index in [-0.39, 0.29) is 6.61 Å². The first-order valence-corrected chi connectivity index (χ1v) is 5.25. The Balaban J connectivity index is 2.07. The maximum atomic E-state index is 8.58. The number of hydrogen-bond donors (Lipinski definition) is 3. The summed E-state index contributed by atoms with van der Waals surface area (Å²) in [6, 6.07) is 0. The molecule has 0 aliphatic heterocycles. The van der Waals surface area contributed by atoms with Gasteiger partial charge in [0.2, 0.25) is 0 Å². The molecule has 5 nitrogen and oxygen atoms in total. The highest BCUT2D eigenvalue weighted by molar-refractivity contribution is 5.35. The van der Waals surface area contributed by atoms with Gasteiger partial charge in [-0.1, -0.05) is 12.8 Å². The van der Waals surface area contributed by atoms with Gasteiger partial charge in [0, 0.05) is 13.2 Å². The number of aliphatic hydroxyl groups excluding tert-OH is 1. The Kier molecular flexibility index (Phi) is 5.47. The van der Waals surface area contributed by atoms with Crippen molar-refractivity contribution in [2.24, 2.45) is 0 Å². The first-order valence-electron chi connectivity index (χ1n) is 5.25. The van der Waals surface area contributed by atoms with Crippen molar-refractivity contribution in [1.29, 1.82) is 0 Å². The van der Waals surface area contributed by atoms with Crippen molar-refractivity contribution < 1.29 is 5.11 Å². The quantitative estimate of drug-likeness (QED) is 0.585. The Morgan fingerprint density at radius 3 is 2.60 bits per heavy atom. The van der Waals surface area contributed by atoms with Gasteiger partial charge in [0.1, 0.15) is 11.6 Å². The third-order valence-corrected chi connectivity index (χ3v) is 2.06. The summed E-state index contributed by atoms with van der Waals surface area (Å²) < 4.78 is 0. The zero-order valence-electron chi connectivity index (χ0n) is 8.82. The second-order valence-electron chi connectivity index (χ2n) is 3.39. The molecule has 0 bridgehead atoms. The van der Waals surface area contributed by atoms with E-state index in [2.05, 4.69) is 15.3 Å². The number of nitrogen functional groups attached to an aromatic ring is 1. The van der Waals surface area contributed by atoms with Crippen molar-refractivity contribution in [3.05, 3.63) is 12.4 Å². The standard InChI is InChI=1S/C10H18N4O/c11-9-7-14-10(8-13-9)12-5-3-1-2-4-6-15/h7-8,15H,1-6H2,(H2,11,13)(H,12,14). The van der Waals surface area contributed by atoms with E-state index in [0.29, 0.717) is 5.82 Å². The van der Waals surface area contributed by atoms with Crippen LogP contribution in [-0.2, 0) is 0 Å². The summed E-state index contributed by atoms with van der Waals surface area (Å²) in [5.74, 6) is 1.19. The second-order valence-corrected chi connectivity index (χ2v) is 3.39. The van der Waals surface area contributed by atoms with E-state index in [9.17, 15) is 0 Å². The van der Waals surface area contributed by atoms with Crippen LogP contribution in [0, 0.1) is 0 Å². The summed E-state index contributed by atoms with van der Waals surface area (Å²) in [6.45, 7) is 1.17. The van der Waals surface area contributed by atoms with Crippen LogP contribution in [0.4, 0.5) is 11.6 Å². The van der Waals surface area contributed by atoms with Crippen molar-refractivity contribution in [1.82, 2.24) is 9.97 Å². The van der Waals surface area contributed by atoms with Crippen molar-refractivity contribution >= 4 is 11.6 Å². The minimum Gasteiger partial charge on any atom is -0.396 e. The zero-order chi connectivity index (χ0) is 10.9. The number of unbranched alkanes of at least 4 members (excludes halogenated alkanes) is 3. The lowest BCUT2D eigenvalue weighted by molar-refractivity contribution is 0.283. The Hall–Kier alpha value is -1.36. The van der Waals surface area contributed by atoms with Crippen LogP contribution < -0.4 is 11.1 Å². The second kappa shape index (κ2) is 7.00. The van der Waals surface area contributed by atoms with Gasteiger partial charge in [0.05, 0.1) is 12.4 Å². The predicted octanol–water partition coefficient (Wildman–Crippen LogP) is 1.02. The van der Waals surface area contributed by atoms with E-state index in [1.807, 2.05) is 0 Å². The van der Waals surface area contributed by atoms with E-state index in [0.717, 1.165) is 38.0 Å². The molecule has 4 N–H and O–H groups in total. The molecule has 1 aromatic rings. The van der Waals surface area contributed by atoms with Crippen LogP contribution >= 0.6 is 0 Å². The molecular formula is C10H18N4O. The molecule has 0 radical (unpaired) electrons. The molecule has 0 saturated heterocycles. The molecular weight excluding hydrogens is 192 g/mol. The molecule has 0 amide bonds. The van der Waals surface area contributed by atoms with E-state index in [1.165, 1.54) is 6.20 Å². The van der Waals surface area contributed by atoms with Gasteiger partial charge < -0.3 is 16.2 Å². The summed E-state index contributed by atoms with van der Waals surface area (Å²) >= 11 is 0. The van der Waals surface area contributed by atoms with E-state index in [4.69, 9.17) is 10.8 Å². The minimum atomic E-state index is 0.289.